The number of allylic oxidation sites excluding steroid dienone is 2. The maximum absolute atomic E-state index is 5.01. The van der Waals surface area contributed by atoms with Crippen LogP contribution in [0.2, 0.25) is 0 Å². The largest absolute Gasteiger partial charge is 0.472 e. The van der Waals surface area contributed by atoms with E-state index >= 15 is 0 Å². The third-order valence-electron chi connectivity index (χ3n) is 1.15. The first-order valence-electron chi connectivity index (χ1n) is 3.05. The van der Waals surface area contributed by atoms with E-state index in [1.54, 1.807) is 18.6 Å². The van der Waals surface area contributed by atoms with Crippen LogP contribution in [-0.2, 0) is 6.42 Å². The van der Waals surface area contributed by atoms with Crippen molar-refractivity contribution >= 4 is 0 Å². The van der Waals surface area contributed by atoms with Gasteiger partial charge in [-0.2, -0.15) is 0 Å². The molecule has 1 heteroatoms. The van der Waals surface area contributed by atoms with E-state index in [-0.39, 0.29) is 0 Å². The summed E-state index contributed by atoms with van der Waals surface area (Å²) in [6.45, 7) is 0. The summed E-state index contributed by atoms with van der Waals surface area (Å²) in [5, 5.41) is 0. The van der Waals surface area contributed by atoms with Crippen molar-refractivity contribution in [2.24, 2.45) is 0 Å². The zero-order valence-corrected chi connectivity index (χ0v) is 5.58. The van der Waals surface area contributed by atoms with E-state index in [9.17, 15) is 0 Å². The Morgan fingerprint density at radius 1 is 1.70 bits per heavy atom. The van der Waals surface area contributed by atoms with Crippen molar-refractivity contribution in [3.8, 4) is 12.3 Å². The predicted molar refractivity (Wildman–Crippen MR) is 40.4 cm³/mol. The SMILES string of the molecule is C#C/C=C\Cc1ccoc1. The van der Waals surface area contributed by atoms with Gasteiger partial charge in [-0.3, -0.25) is 0 Å². The summed E-state index contributed by atoms with van der Waals surface area (Å²) < 4.78 is 4.86. The van der Waals surface area contributed by atoms with Gasteiger partial charge in [0.15, 0.2) is 0 Å². The van der Waals surface area contributed by atoms with Crippen molar-refractivity contribution in [2.75, 3.05) is 0 Å². The topological polar surface area (TPSA) is 13.1 Å². The van der Waals surface area contributed by atoms with Crippen molar-refractivity contribution in [1.82, 2.24) is 0 Å². The lowest BCUT2D eigenvalue weighted by atomic mass is 10.2. The fraction of sp³-hybridized carbons (Fsp3) is 0.111. The fourth-order valence-electron chi connectivity index (χ4n) is 0.672. The number of hydrogen-bond donors (Lipinski definition) is 0. The quantitative estimate of drug-likeness (QED) is 0.561. The monoisotopic (exact) mass is 132 g/mol. The molecule has 0 radical (unpaired) electrons. The van der Waals surface area contributed by atoms with Crippen molar-refractivity contribution in [3.05, 3.63) is 36.3 Å². The van der Waals surface area contributed by atoms with Gasteiger partial charge >= 0.3 is 0 Å². The highest BCUT2D eigenvalue weighted by atomic mass is 16.3. The first-order valence-corrected chi connectivity index (χ1v) is 3.05. The van der Waals surface area contributed by atoms with Crippen LogP contribution in [0.3, 0.4) is 0 Å². The van der Waals surface area contributed by atoms with Gasteiger partial charge in [-0.25, -0.2) is 0 Å². The van der Waals surface area contributed by atoms with Gasteiger partial charge in [0.25, 0.3) is 0 Å². The number of terminal acetylenes is 1. The molecule has 1 aromatic rings. The molecule has 0 unspecified atom stereocenters. The fourth-order valence-corrected chi connectivity index (χ4v) is 0.672. The molecule has 0 N–H and O–H groups in total. The summed E-state index contributed by atoms with van der Waals surface area (Å²) in [4.78, 5) is 0. The van der Waals surface area contributed by atoms with Crippen molar-refractivity contribution in [1.29, 1.82) is 0 Å². The van der Waals surface area contributed by atoms with Gasteiger partial charge in [-0.1, -0.05) is 12.0 Å². The molecule has 10 heavy (non-hydrogen) atoms. The maximum atomic E-state index is 5.01. The normalized spacial score (nSPS) is 9.90. The van der Waals surface area contributed by atoms with E-state index in [0.29, 0.717) is 0 Å². The standard InChI is InChI=1S/C9H8O/c1-2-3-4-5-9-6-7-10-8-9/h1,3-4,6-8H,5H2/b4-3-. The highest BCUT2D eigenvalue weighted by molar-refractivity contribution is 5.15. The minimum atomic E-state index is 0.848. The molecule has 0 amide bonds. The summed E-state index contributed by atoms with van der Waals surface area (Å²) >= 11 is 0. The molecule has 1 rings (SSSR count). The van der Waals surface area contributed by atoms with Gasteiger partial charge in [0.1, 0.15) is 0 Å². The highest BCUT2D eigenvalue weighted by Crippen LogP contribution is 2.00. The van der Waals surface area contributed by atoms with E-state index in [1.807, 2.05) is 12.1 Å². The molecule has 0 saturated carbocycles. The molecule has 0 aliphatic rings. The van der Waals surface area contributed by atoms with E-state index in [1.165, 1.54) is 0 Å². The molecular weight excluding hydrogens is 124 g/mol. The van der Waals surface area contributed by atoms with Gasteiger partial charge < -0.3 is 4.42 Å². The molecule has 1 heterocycles. The zero-order valence-electron chi connectivity index (χ0n) is 5.58. The third kappa shape index (κ3) is 1.83. The lowest BCUT2D eigenvalue weighted by Gasteiger charge is -1.81. The molecule has 0 fully saturated rings. The number of hydrogen-bond acceptors (Lipinski definition) is 1. The number of furan rings is 1. The van der Waals surface area contributed by atoms with Crippen LogP contribution in [0.1, 0.15) is 5.56 Å². The summed E-state index contributed by atoms with van der Waals surface area (Å²) in [6, 6.07) is 1.92. The molecule has 1 nitrogen and oxygen atoms in total. The predicted octanol–water partition coefficient (Wildman–Crippen LogP) is 2.01. The van der Waals surface area contributed by atoms with Gasteiger partial charge in [-0.05, 0) is 24.1 Å². The molecule has 0 aromatic carbocycles. The minimum absolute atomic E-state index is 0.848. The van der Waals surface area contributed by atoms with Gasteiger partial charge in [-0.15, -0.1) is 6.42 Å². The van der Waals surface area contributed by atoms with Crippen LogP contribution in [0, 0.1) is 12.3 Å². The van der Waals surface area contributed by atoms with Crippen molar-refractivity contribution < 1.29 is 4.42 Å². The van der Waals surface area contributed by atoms with Crippen LogP contribution in [-0.4, -0.2) is 0 Å². The van der Waals surface area contributed by atoms with Crippen LogP contribution in [0.4, 0.5) is 0 Å². The Balaban J connectivity index is 2.43. The molecule has 0 spiro atoms. The summed E-state index contributed by atoms with van der Waals surface area (Å²) in [6.07, 6.45) is 12.8. The average Bonchev–Trinajstić information content (AvgIpc) is 2.41. The van der Waals surface area contributed by atoms with Crippen LogP contribution >= 0.6 is 0 Å². The van der Waals surface area contributed by atoms with Crippen LogP contribution in [0.5, 0.6) is 0 Å². The van der Waals surface area contributed by atoms with Crippen LogP contribution in [0.25, 0.3) is 0 Å². The van der Waals surface area contributed by atoms with Crippen molar-refractivity contribution in [3.63, 3.8) is 0 Å². The molecular formula is C9H8O. The Hall–Kier alpha value is -1.42. The van der Waals surface area contributed by atoms with E-state index < -0.39 is 0 Å². The molecule has 0 aliphatic carbocycles. The molecule has 0 bridgehead atoms. The van der Waals surface area contributed by atoms with Gasteiger partial charge in [0.2, 0.25) is 0 Å². The second-order valence-electron chi connectivity index (χ2n) is 1.90. The Bertz CT molecular complexity index is 236. The molecule has 1 aromatic heterocycles. The average molecular weight is 132 g/mol. The van der Waals surface area contributed by atoms with E-state index in [2.05, 4.69) is 5.92 Å². The zero-order chi connectivity index (χ0) is 7.23. The van der Waals surface area contributed by atoms with Gasteiger partial charge in [0.05, 0.1) is 12.5 Å². The Kier molecular flexibility index (Phi) is 2.39. The van der Waals surface area contributed by atoms with Crippen LogP contribution < -0.4 is 0 Å². The lowest BCUT2D eigenvalue weighted by molar-refractivity contribution is 0.565. The maximum Gasteiger partial charge on any atom is 0.0937 e. The Labute approximate surface area is 60.4 Å². The summed E-state index contributed by atoms with van der Waals surface area (Å²) in [7, 11) is 0. The summed E-state index contributed by atoms with van der Waals surface area (Å²) in [5.41, 5.74) is 1.14. The molecule has 0 atom stereocenters. The van der Waals surface area contributed by atoms with Crippen LogP contribution in [0.15, 0.2) is 35.2 Å². The lowest BCUT2D eigenvalue weighted by Crippen LogP contribution is -1.71. The number of rotatable bonds is 2. The highest BCUT2D eigenvalue weighted by Gasteiger charge is 1.87. The van der Waals surface area contributed by atoms with E-state index in [4.69, 9.17) is 10.8 Å². The molecule has 0 saturated heterocycles. The second-order valence-corrected chi connectivity index (χ2v) is 1.90. The summed E-state index contributed by atoms with van der Waals surface area (Å²) in [5.74, 6) is 2.42. The second kappa shape index (κ2) is 3.58. The Morgan fingerprint density at radius 3 is 3.20 bits per heavy atom. The first-order chi connectivity index (χ1) is 4.93. The first kappa shape index (κ1) is 6.70. The Morgan fingerprint density at radius 2 is 2.60 bits per heavy atom. The van der Waals surface area contributed by atoms with Gasteiger partial charge in [0, 0.05) is 0 Å². The molecule has 50 valence electrons. The third-order valence-corrected chi connectivity index (χ3v) is 1.15. The minimum Gasteiger partial charge on any atom is -0.472 e. The van der Waals surface area contributed by atoms with Crippen molar-refractivity contribution in [2.45, 2.75) is 6.42 Å². The molecule has 0 aliphatic heterocycles. The smallest absolute Gasteiger partial charge is 0.0937 e. The van der Waals surface area contributed by atoms with E-state index in [0.717, 1.165) is 12.0 Å².